The lowest BCUT2D eigenvalue weighted by Crippen LogP contribution is -2.38. The number of hydrogen-bond donors (Lipinski definition) is 0. The number of hydrogen-bond acceptors (Lipinski definition) is 6. The van der Waals surface area contributed by atoms with E-state index < -0.39 is 6.04 Å². The van der Waals surface area contributed by atoms with Crippen LogP contribution >= 0.6 is 0 Å². The Bertz CT molecular complexity index is 1270. The van der Waals surface area contributed by atoms with E-state index in [0.29, 0.717) is 34.7 Å². The number of nitrogens with zero attached hydrogens (tertiary/aromatic N) is 2. The van der Waals surface area contributed by atoms with E-state index in [4.69, 9.17) is 13.9 Å². The Kier molecular flexibility index (Phi) is 6.62. The van der Waals surface area contributed by atoms with Gasteiger partial charge in [0.05, 0.1) is 37.3 Å². The van der Waals surface area contributed by atoms with Gasteiger partial charge in [0.15, 0.2) is 5.43 Å². The third kappa shape index (κ3) is 4.46. The summed E-state index contributed by atoms with van der Waals surface area (Å²) in [5, 5.41) is 0.455. The van der Waals surface area contributed by atoms with Gasteiger partial charge >= 0.3 is 0 Å². The summed E-state index contributed by atoms with van der Waals surface area (Å²) in [5.74, 6) is 0.881. The fraction of sp³-hybridized carbons (Fsp3) is 0.429. The molecule has 0 bridgehead atoms. The van der Waals surface area contributed by atoms with Crippen molar-refractivity contribution < 1.29 is 18.7 Å². The van der Waals surface area contributed by atoms with Crippen LogP contribution in [0, 0.1) is 0 Å². The summed E-state index contributed by atoms with van der Waals surface area (Å²) >= 11 is 0. The first-order chi connectivity index (χ1) is 17.0. The van der Waals surface area contributed by atoms with Crippen LogP contribution in [-0.2, 0) is 4.74 Å². The molecule has 1 fully saturated rings. The van der Waals surface area contributed by atoms with Gasteiger partial charge in [0.25, 0.3) is 5.91 Å². The van der Waals surface area contributed by atoms with Crippen molar-refractivity contribution in [2.75, 3.05) is 46.5 Å². The van der Waals surface area contributed by atoms with Crippen molar-refractivity contribution in [3.05, 3.63) is 75.1 Å². The summed E-state index contributed by atoms with van der Waals surface area (Å²) in [6, 6.07) is 12.9. The van der Waals surface area contributed by atoms with Crippen molar-refractivity contribution in [3.8, 4) is 5.75 Å². The van der Waals surface area contributed by atoms with E-state index in [9.17, 15) is 9.59 Å². The van der Waals surface area contributed by atoms with Gasteiger partial charge in [-0.3, -0.25) is 14.5 Å². The monoisotopic (exact) mass is 476 g/mol. The zero-order valence-corrected chi connectivity index (χ0v) is 20.6. The lowest BCUT2D eigenvalue weighted by Gasteiger charge is -2.29. The number of fused-ring (bicyclic) bond motifs is 2. The normalized spacial score (nSPS) is 18.5. The Morgan fingerprint density at radius 1 is 1.03 bits per heavy atom. The SMILES string of the molecule is COc1ccc2c(=O)c3c(oc2c1)C(=O)N(CCCN1CCOCC1)[C@H]3c1ccc(C(C)C)cc1. The fourth-order valence-electron chi connectivity index (χ4n) is 5.06. The number of benzene rings is 2. The molecule has 0 aliphatic carbocycles. The lowest BCUT2D eigenvalue weighted by atomic mass is 9.95. The standard InChI is InChI=1S/C28H32N2O5/c1-18(2)19-5-7-20(8-6-19)25-24-26(31)22-10-9-21(33-3)17-23(22)35-27(24)28(32)30(25)12-4-11-29-13-15-34-16-14-29/h5-10,17-18,25H,4,11-16H2,1-3H3/t25-/m0/s1. The molecule has 0 unspecified atom stereocenters. The van der Waals surface area contributed by atoms with Gasteiger partial charge in [-0.05, 0) is 35.6 Å². The third-order valence-corrected chi connectivity index (χ3v) is 7.07. The van der Waals surface area contributed by atoms with E-state index in [2.05, 4.69) is 30.9 Å². The molecule has 5 rings (SSSR count). The van der Waals surface area contributed by atoms with Gasteiger partial charge in [0, 0.05) is 32.2 Å². The first-order valence-electron chi connectivity index (χ1n) is 12.3. The molecule has 3 heterocycles. The van der Waals surface area contributed by atoms with Gasteiger partial charge in [-0.25, -0.2) is 0 Å². The van der Waals surface area contributed by atoms with E-state index in [-0.39, 0.29) is 17.1 Å². The largest absolute Gasteiger partial charge is 0.497 e. The predicted molar refractivity (Wildman–Crippen MR) is 134 cm³/mol. The average Bonchev–Trinajstić information content (AvgIpc) is 3.16. The minimum Gasteiger partial charge on any atom is -0.497 e. The van der Waals surface area contributed by atoms with Gasteiger partial charge < -0.3 is 18.8 Å². The van der Waals surface area contributed by atoms with Gasteiger partial charge in [0.1, 0.15) is 11.3 Å². The number of methoxy groups -OCH3 is 1. The second kappa shape index (κ2) is 9.84. The highest BCUT2D eigenvalue weighted by molar-refractivity contribution is 5.99. The molecule has 0 saturated carbocycles. The van der Waals surface area contributed by atoms with Crippen LogP contribution in [0.4, 0.5) is 0 Å². The Hall–Kier alpha value is -3.16. The number of rotatable bonds is 7. The zero-order valence-electron chi connectivity index (χ0n) is 20.6. The Morgan fingerprint density at radius 3 is 2.46 bits per heavy atom. The topological polar surface area (TPSA) is 72.2 Å². The minimum absolute atomic E-state index is 0.139. The summed E-state index contributed by atoms with van der Waals surface area (Å²) in [6.07, 6.45) is 0.807. The molecule has 1 atom stereocenters. The quantitative estimate of drug-likeness (QED) is 0.509. The van der Waals surface area contributed by atoms with Crippen molar-refractivity contribution in [3.63, 3.8) is 0 Å². The molecule has 7 heteroatoms. The fourth-order valence-corrected chi connectivity index (χ4v) is 5.06. The van der Waals surface area contributed by atoms with Crippen molar-refractivity contribution in [2.24, 2.45) is 0 Å². The summed E-state index contributed by atoms with van der Waals surface area (Å²) < 4.78 is 16.8. The number of morpholine rings is 1. The summed E-state index contributed by atoms with van der Waals surface area (Å²) in [6.45, 7) is 9.01. The molecule has 0 spiro atoms. The van der Waals surface area contributed by atoms with E-state index in [1.807, 2.05) is 12.1 Å². The Balaban J connectivity index is 1.53. The van der Waals surface area contributed by atoms with Crippen LogP contribution in [0.1, 0.15) is 59.5 Å². The molecule has 0 radical (unpaired) electrons. The molecule has 7 nitrogen and oxygen atoms in total. The van der Waals surface area contributed by atoms with Crippen LogP contribution in [0.25, 0.3) is 11.0 Å². The van der Waals surface area contributed by atoms with E-state index >= 15 is 0 Å². The molecule has 1 amide bonds. The molecule has 184 valence electrons. The Labute approximate surface area is 205 Å². The maximum Gasteiger partial charge on any atom is 0.290 e. The predicted octanol–water partition coefficient (Wildman–Crippen LogP) is 4.19. The number of amides is 1. The minimum atomic E-state index is -0.467. The molecular formula is C28H32N2O5. The van der Waals surface area contributed by atoms with Crippen LogP contribution in [0.2, 0.25) is 0 Å². The van der Waals surface area contributed by atoms with E-state index in [0.717, 1.165) is 44.8 Å². The second-order valence-corrected chi connectivity index (χ2v) is 9.57. The molecule has 2 aliphatic rings. The zero-order chi connectivity index (χ0) is 24.5. The van der Waals surface area contributed by atoms with Crippen molar-refractivity contribution >= 4 is 16.9 Å². The highest BCUT2D eigenvalue weighted by Crippen LogP contribution is 2.39. The average molecular weight is 477 g/mol. The number of carbonyl (C=O) groups is 1. The summed E-state index contributed by atoms with van der Waals surface area (Å²) in [5.41, 5.74) is 2.77. The van der Waals surface area contributed by atoms with Crippen molar-refractivity contribution in [1.82, 2.24) is 9.80 Å². The number of carbonyl (C=O) groups excluding carboxylic acids is 1. The molecule has 2 aliphatic heterocycles. The van der Waals surface area contributed by atoms with Crippen LogP contribution in [-0.4, -0.2) is 62.2 Å². The molecule has 35 heavy (non-hydrogen) atoms. The lowest BCUT2D eigenvalue weighted by molar-refractivity contribution is 0.0353. The van der Waals surface area contributed by atoms with Gasteiger partial charge in [-0.1, -0.05) is 38.1 Å². The van der Waals surface area contributed by atoms with Crippen LogP contribution < -0.4 is 10.2 Å². The summed E-state index contributed by atoms with van der Waals surface area (Å²) in [4.78, 5) is 31.5. The molecule has 1 aromatic heterocycles. The van der Waals surface area contributed by atoms with Crippen LogP contribution in [0.15, 0.2) is 51.7 Å². The maximum atomic E-state index is 13.7. The smallest absolute Gasteiger partial charge is 0.290 e. The van der Waals surface area contributed by atoms with Crippen LogP contribution in [0.3, 0.4) is 0 Å². The molecule has 0 N–H and O–H groups in total. The first-order valence-corrected chi connectivity index (χ1v) is 12.3. The summed E-state index contributed by atoms with van der Waals surface area (Å²) in [7, 11) is 1.56. The maximum absolute atomic E-state index is 13.7. The molecule has 1 saturated heterocycles. The van der Waals surface area contributed by atoms with Gasteiger partial charge in [-0.15, -0.1) is 0 Å². The molecule has 2 aromatic carbocycles. The molecule has 3 aromatic rings. The first kappa shape index (κ1) is 23.6. The van der Waals surface area contributed by atoms with Crippen LogP contribution in [0.5, 0.6) is 5.75 Å². The van der Waals surface area contributed by atoms with Gasteiger partial charge in [0.2, 0.25) is 5.76 Å². The van der Waals surface area contributed by atoms with E-state index in [1.54, 1.807) is 30.2 Å². The highest BCUT2D eigenvalue weighted by Gasteiger charge is 2.42. The highest BCUT2D eigenvalue weighted by atomic mass is 16.5. The Morgan fingerprint density at radius 2 is 1.77 bits per heavy atom. The second-order valence-electron chi connectivity index (χ2n) is 9.57. The van der Waals surface area contributed by atoms with Crippen molar-refractivity contribution in [1.29, 1.82) is 0 Å². The van der Waals surface area contributed by atoms with Gasteiger partial charge in [-0.2, -0.15) is 0 Å². The van der Waals surface area contributed by atoms with Crippen molar-refractivity contribution in [2.45, 2.75) is 32.2 Å². The van der Waals surface area contributed by atoms with E-state index in [1.165, 1.54) is 5.56 Å². The molecular weight excluding hydrogens is 444 g/mol. The third-order valence-electron chi connectivity index (χ3n) is 7.07. The number of ether oxygens (including phenoxy) is 2.